The van der Waals surface area contributed by atoms with Crippen molar-refractivity contribution in [1.29, 1.82) is 0 Å². The number of carbonyl (C=O) groups is 1. The van der Waals surface area contributed by atoms with E-state index in [0.717, 1.165) is 16.5 Å². The van der Waals surface area contributed by atoms with Gasteiger partial charge in [-0.2, -0.15) is 0 Å². The van der Waals surface area contributed by atoms with E-state index in [1.165, 1.54) is 0 Å². The van der Waals surface area contributed by atoms with Crippen LogP contribution in [-0.2, 0) is 11.3 Å². The Morgan fingerprint density at radius 3 is 2.46 bits per heavy atom. The second kappa shape index (κ2) is 9.76. The van der Waals surface area contributed by atoms with Gasteiger partial charge in [0.05, 0.1) is 11.6 Å². The van der Waals surface area contributed by atoms with E-state index in [1.807, 2.05) is 24.3 Å². The molecule has 1 atom stereocenters. The van der Waals surface area contributed by atoms with Crippen LogP contribution in [0.3, 0.4) is 0 Å². The molecule has 1 aliphatic rings. The number of likely N-dealkylation sites (tertiary alicyclic amines) is 1. The smallest absolute Gasteiger partial charge is 0.408 e. The van der Waals surface area contributed by atoms with Gasteiger partial charge in [0, 0.05) is 31.3 Å². The van der Waals surface area contributed by atoms with Gasteiger partial charge in [-0.3, -0.25) is 4.90 Å². The van der Waals surface area contributed by atoms with Crippen LogP contribution in [0.2, 0.25) is 5.02 Å². The molecule has 1 unspecified atom stereocenters. The molecular weight excluding hydrogens is 478 g/mol. The maximum Gasteiger partial charge on any atom is 0.408 e. The highest BCUT2D eigenvalue weighted by molar-refractivity contribution is 6.35. The number of alkyl halides is 2. The lowest BCUT2D eigenvalue weighted by atomic mass is 10.0. The minimum absolute atomic E-state index is 0.147. The first-order valence-electron chi connectivity index (χ1n) is 11.5. The number of amides is 1. The van der Waals surface area contributed by atoms with Crippen LogP contribution in [0.1, 0.15) is 51.2 Å². The summed E-state index contributed by atoms with van der Waals surface area (Å²) in [7, 11) is 0. The number of nitrogens with zero attached hydrogens (tertiary/aromatic N) is 1. The molecule has 1 fully saturated rings. The number of ether oxygens (including phenoxy) is 1. The molecular formula is C26H29ClF2N2O4. The van der Waals surface area contributed by atoms with Crippen molar-refractivity contribution >= 4 is 28.7 Å². The number of rotatable bonds is 5. The second-order valence-electron chi connectivity index (χ2n) is 9.83. The molecule has 6 nitrogen and oxygen atoms in total. The quantitative estimate of drug-likeness (QED) is 0.413. The molecule has 35 heavy (non-hydrogen) atoms. The Bertz CT molecular complexity index is 1190. The minimum atomic E-state index is -2.66. The summed E-state index contributed by atoms with van der Waals surface area (Å²) in [5.41, 5.74) is 2.30. The van der Waals surface area contributed by atoms with Crippen LogP contribution in [0.25, 0.3) is 22.1 Å². The normalized spacial score (nSPS) is 17.3. The molecule has 0 spiro atoms. The van der Waals surface area contributed by atoms with E-state index in [0.29, 0.717) is 21.9 Å². The molecule has 188 valence electrons. The van der Waals surface area contributed by atoms with Gasteiger partial charge in [-0.25, -0.2) is 13.6 Å². The Labute approximate surface area is 207 Å². The number of aliphatic hydroxyl groups excluding tert-OH is 1. The molecule has 3 aromatic rings. The van der Waals surface area contributed by atoms with Gasteiger partial charge in [-0.15, -0.1) is 0 Å². The summed E-state index contributed by atoms with van der Waals surface area (Å²) in [5, 5.41) is 14.5. The summed E-state index contributed by atoms with van der Waals surface area (Å²) in [6.07, 6.45) is -1.97. The van der Waals surface area contributed by atoms with Crippen molar-refractivity contribution in [2.24, 2.45) is 0 Å². The van der Waals surface area contributed by atoms with Gasteiger partial charge >= 0.3 is 6.09 Å². The van der Waals surface area contributed by atoms with Crippen molar-refractivity contribution in [2.75, 3.05) is 13.1 Å². The number of hydrogen-bond donors (Lipinski definition) is 2. The van der Waals surface area contributed by atoms with Gasteiger partial charge in [-0.1, -0.05) is 35.9 Å². The Balaban J connectivity index is 1.46. The number of hydrogen-bond acceptors (Lipinski definition) is 5. The average Bonchev–Trinajstić information content (AvgIpc) is 3.20. The molecule has 0 bridgehead atoms. The molecule has 2 heterocycles. The first kappa shape index (κ1) is 25.4. The SMILES string of the molecule is CC(C)(C)OC(=O)NCc1cc2cc(-c3ccc(C(O)N4CCC(F)(F)CC4)cc3)cc(Cl)c2o1. The highest BCUT2D eigenvalue weighted by Crippen LogP contribution is 2.35. The highest BCUT2D eigenvalue weighted by atomic mass is 35.5. The number of carbonyl (C=O) groups excluding carboxylic acids is 1. The van der Waals surface area contributed by atoms with Crippen molar-refractivity contribution in [3.8, 4) is 11.1 Å². The van der Waals surface area contributed by atoms with Crippen molar-refractivity contribution in [3.63, 3.8) is 0 Å². The van der Waals surface area contributed by atoms with E-state index in [4.69, 9.17) is 20.8 Å². The van der Waals surface area contributed by atoms with Crippen molar-refractivity contribution in [3.05, 3.63) is 58.8 Å². The van der Waals surface area contributed by atoms with Crippen LogP contribution >= 0.6 is 11.6 Å². The maximum absolute atomic E-state index is 13.4. The van der Waals surface area contributed by atoms with Crippen LogP contribution in [0.4, 0.5) is 13.6 Å². The molecule has 1 aliphatic heterocycles. The minimum Gasteiger partial charge on any atom is -0.458 e. The third-order valence-electron chi connectivity index (χ3n) is 5.85. The van der Waals surface area contributed by atoms with E-state index in [-0.39, 0.29) is 32.5 Å². The number of halogens is 3. The molecule has 0 aliphatic carbocycles. The van der Waals surface area contributed by atoms with Crippen molar-refractivity contribution in [2.45, 2.75) is 57.9 Å². The summed E-state index contributed by atoms with van der Waals surface area (Å²) < 4.78 is 37.9. The highest BCUT2D eigenvalue weighted by Gasteiger charge is 2.36. The molecule has 1 saturated heterocycles. The Hall–Kier alpha value is -2.68. The fourth-order valence-electron chi connectivity index (χ4n) is 4.05. The Kier molecular flexibility index (Phi) is 7.09. The third kappa shape index (κ3) is 6.31. The molecule has 2 aromatic carbocycles. The van der Waals surface area contributed by atoms with Crippen LogP contribution in [0.15, 0.2) is 46.9 Å². The zero-order chi connectivity index (χ0) is 25.4. The van der Waals surface area contributed by atoms with Crippen molar-refractivity contribution in [1.82, 2.24) is 10.2 Å². The van der Waals surface area contributed by atoms with Gasteiger partial charge in [0.2, 0.25) is 0 Å². The van der Waals surface area contributed by atoms with E-state index < -0.39 is 23.8 Å². The summed E-state index contributed by atoms with van der Waals surface area (Å²) in [6.45, 7) is 5.82. The molecule has 0 saturated carbocycles. The number of nitrogens with one attached hydrogen (secondary N) is 1. The predicted molar refractivity (Wildman–Crippen MR) is 130 cm³/mol. The molecule has 4 rings (SSSR count). The second-order valence-corrected chi connectivity index (χ2v) is 10.2. The number of alkyl carbamates (subject to hydrolysis) is 1. The van der Waals surface area contributed by atoms with Crippen LogP contribution in [0.5, 0.6) is 0 Å². The number of fused-ring (bicyclic) bond motifs is 1. The van der Waals surface area contributed by atoms with Crippen LogP contribution in [-0.4, -0.2) is 40.7 Å². The lowest BCUT2D eigenvalue weighted by molar-refractivity contribution is -0.0961. The predicted octanol–water partition coefficient (Wildman–Crippen LogP) is 6.50. The first-order chi connectivity index (χ1) is 16.4. The number of piperidine rings is 1. The molecule has 9 heteroatoms. The van der Waals surface area contributed by atoms with E-state index >= 15 is 0 Å². The van der Waals surface area contributed by atoms with Gasteiger partial charge in [0.15, 0.2) is 5.58 Å². The molecule has 1 amide bonds. The van der Waals surface area contributed by atoms with Gasteiger partial charge < -0.3 is 19.6 Å². The zero-order valence-corrected chi connectivity index (χ0v) is 20.7. The summed E-state index contributed by atoms with van der Waals surface area (Å²) in [4.78, 5) is 13.6. The zero-order valence-electron chi connectivity index (χ0n) is 19.9. The number of furan rings is 1. The monoisotopic (exact) mass is 506 g/mol. The average molecular weight is 507 g/mol. The van der Waals surface area contributed by atoms with E-state index in [2.05, 4.69) is 5.32 Å². The molecule has 1 aromatic heterocycles. The van der Waals surface area contributed by atoms with E-state index in [9.17, 15) is 18.7 Å². The lowest BCUT2D eigenvalue weighted by Gasteiger charge is -2.35. The van der Waals surface area contributed by atoms with Crippen LogP contribution < -0.4 is 5.32 Å². The summed E-state index contributed by atoms with van der Waals surface area (Å²) in [5.74, 6) is -2.12. The maximum atomic E-state index is 13.4. The van der Waals surface area contributed by atoms with Crippen LogP contribution in [0, 0.1) is 0 Å². The van der Waals surface area contributed by atoms with Gasteiger partial charge in [0.25, 0.3) is 5.92 Å². The van der Waals surface area contributed by atoms with Crippen molar-refractivity contribution < 1.29 is 27.8 Å². The first-order valence-corrected chi connectivity index (χ1v) is 11.9. The summed E-state index contributed by atoms with van der Waals surface area (Å²) in [6, 6.07) is 12.8. The van der Waals surface area contributed by atoms with Gasteiger partial charge in [0.1, 0.15) is 17.6 Å². The molecule has 2 N–H and O–H groups in total. The topological polar surface area (TPSA) is 74.9 Å². The standard InChI is InChI=1S/C26H29ClF2N2O4/c1-25(2,3)35-24(33)30-15-20-13-19-12-18(14-21(27)22(19)34-20)16-4-6-17(7-5-16)23(32)31-10-8-26(28,29)9-11-31/h4-7,12-14,23,32H,8-11,15H2,1-3H3,(H,30,33). The fourth-order valence-corrected chi connectivity index (χ4v) is 4.31. The van der Waals surface area contributed by atoms with E-state index in [1.54, 1.807) is 43.9 Å². The Morgan fingerprint density at radius 2 is 1.83 bits per heavy atom. The lowest BCUT2D eigenvalue weighted by Crippen LogP contribution is -2.41. The third-order valence-corrected chi connectivity index (χ3v) is 6.13. The number of aliphatic hydroxyl groups is 1. The number of benzene rings is 2. The molecule has 0 radical (unpaired) electrons. The fraction of sp³-hybridized carbons (Fsp3) is 0.423. The summed E-state index contributed by atoms with van der Waals surface area (Å²) >= 11 is 6.47. The largest absolute Gasteiger partial charge is 0.458 e. The van der Waals surface area contributed by atoms with Gasteiger partial charge in [-0.05, 0) is 55.7 Å². The Morgan fingerprint density at radius 1 is 1.17 bits per heavy atom.